The summed E-state index contributed by atoms with van der Waals surface area (Å²) >= 11 is 6.93. The highest BCUT2D eigenvalue weighted by molar-refractivity contribution is 7.99. The van der Waals surface area contributed by atoms with Crippen molar-refractivity contribution in [1.29, 1.82) is 0 Å². The molecule has 0 radical (unpaired) electrons. The smallest absolute Gasteiger partial charge is 0.417 e. The molecule has 2 aromatic heterocycles. The fourth-order valence-corrected chi connectivity index (χ4v) is 7.71. The van der Waals surface area contributed by atoms with Gasteiger partial charge in [0.25, 0.3) is 0 Å². The minimum Gasteiger partial charge on any atom is -0.488 e. The second-order valence-electron chi connectivity index (χ2n) is 11.4. The first kappa shape index (κ1) is 32.8. The number of aromatic nitrogens is 3. The molecule has 1 unspecified atom stereocenters. The van der Waals surface area contributed by atoms with Gasteiger partial charge in [-0.05, 0) is 44.2 Å². The fraction of sp³-hybridized carbons (Fsp3) is 0.312. The molecule has 0 spiro atoms. The molecule has 3 atom stereocenters. The van der Waals surface area contributed by atoms with Crippen LogP contribution in [0.4, 0.5) is 27.8 Å². The summed E-state index contributed by atoms with van der Waals surface area (Å²) in [6, 6.07) is 4.51. The molecule has 15 heteroatoms. The lowest BCUT2D eigenvalue weighted by molar-refractivity contribution is -0.137. The van der Waals surface area contributed by atoms with Gasteiger partial charge < -0.3 is 14.5 Å². The molecular formula is C32H27ClF5N5O3S. The van der Waals surface area contributed by atoms with Gasteiger partial charge in [-0.15, -0.1) is 11.8 Å². The third-order valence-electron chi connectivity index (χ3n) is 8.18. The lowest BCUT2D eigenvalue weighted by atomic mass is 9.95. The Labute approximate surface area is 274 Å². The molecule has 4 heterocycles. The van der Waals surface area contributed by atoms with Crippen LogP contribution in [-0.2, 0) is 17.5 Å². The molecule has 4 aromatic rings. The van der Waals surface area contributed by atoms with Crippen molar-refractivity contribution in [3.63, 3.8) is 0 Å². The molecule has 0 aliphatic carbocycles. The minimum atomic E-state index is -5.01. The highest BCUT2D eigenvalue weighted by atomic mass is 35.5. The molecule has 2 aliphatic heterocycles. The van der Waals surface area contributed by atoms with Gasteiger partial charge in [0, 0.05) is 70.8 Å². The number of hydrogen-bond acceptors (Lipinski definition) is 7. The summed E-state index contributed by atoms with van der Waals surface area (Å²) in [5.41, 5.74) is -3.02. The minimum absolute atomic E-state index is 0.00394. The quantitative estimate of drug-likeness (QED) is 0.133. The molecule has 1 fully saturated rings. The molecule has 0 saturated carbocycles. The first-order valence-electron chi connectivity index (χ1n) is 14.5. The number of hydrogen-bond donors (Lipinski definition) is 0. The van der Waals surface area contributed by atoms with Gasteiger partial charge in [0.15, 0.2) is 0 Å². The number of halogens is 6. The molecule has 246 valence electrons. The molecule has 47 heavy (non-hydrogen) atoms. The zero-order valence-electron chi connectivity index (χ0n) is 25.0. The van der Waals surface area contributed by atoms with Gasteiger partial charge in [0.1, 0.15) is 29.3 Å². The van der Waals surface area contributed by atoms with E-state index in [9.17, 15) is 14.0 Å². The number of pyridine rings is 1. The zero-order valence-corrected chi connectivity index (χ0v) is 26.6. The molecular weight excluding hydrogens is 665 g/mol. The number of amides is 1. The topological polar surface area (TPSA) is 80.6 Å². The predicted molar refractivity (Wildman–Crippen MR) is 169 cm³/mol. The molecule has 8 nitrogen and oxygen atoms in total. The van der Waals surface area contributed by atoms with E-state index in [4.69, 9.17) is 16.3 Å². The number of ether oxygens (including phenoxy) is 1. The number of rotatable bonds is 5. The third kappa shape index (κ3) is 6.04. The second kappa shape index (κ2) is 12.5. The van der Waals surface area contributed by atoms with Crippen LogP contribution < -0.4 is 15.3 Å². The molecule has 2 aliphatic rings. The maximum absolute atomic E-state index is 15.4. The lowest BCUT2D eigenvalue weighted by Gasteiger charge is -2.44. The van der Waals surface area contributed by atoms with E-state index in [2.05, 4.69) is 16.5 Å². The van der Waals surface area contributed by atoms with E-state index in [-0.39, 0.29) is 52.9 Å². The van der Waals surface area contributed by atoms with Crippen LogP contribution >= 0.6 is 23.4 Å². The summed E-state index contributed by atoms with van der Waals surface area (Å²) in [7, 11) is 0. The molecule has 6 rings (SSSR count). The van der Waals surface area contributed by atoms with Gasteiger partial charge in [0.2, 0.25) is 5.91 Å². The van der Waals surface area contributed by atoms with E-state index in [1.54, 1.807) is 35.8 Å². The monoisotopic (exact) mass is 691 g/mol. The van der Waals surface area contributed by atoms with Crippen molar-refractivity contribution in [2.24, 2.45) is 0 Å². The van der Waals surface area contributed by atoms with Gasteiger partial charge in [-0.1, -0.05) is 18.2 Å². The van der Waals surface area contributed by atoms with Crippen molar-refractivity contribution < 1.29 is 31.5 Å². The summed E-state index contributed by atoms with van der Waals surface area (Å²) in [5.74, 6) is -2.20. The SMILES string of the molecule is C=CC(=O)N1[C@H](C)CN(c2nc(=O)n3c4c(c(-c5cc(Cl)c(F)cc5F)c(C(F)(F)F)cc24)SCC(Oc2ccncc2)C3)C[C@@H]1C. The summed E-state index contributed by atoms with van der Waals surface area (Å²) in [6.07, 6.45) is -1.53. The average Bonchev–Trinajstić information content (AvgIpc) is 3.20. The number of piperazine rings is 1. The normalized spacial score (nSPS) is 19.9. The lowest BCUT2D eigenvalue weighted by Crippen LogP contribution is -2.58. The number of carbonyl (C=O) groups excluding carboxylic acids is 1. The van der Waals surface area contributed by atoms with Crippen molar-refractivity contribution in [3.05, 3.63) is 88.1 Å². The van der Waals surface area contributed by atoms with Crippen LogP contribution in [0.3, 0.4) is 0 Å². The number of thioether (sulfide) groups is 1. The van der Waals surface area contributed by atoms with Gasteiger partial charge in [-0.25, -0.2) is 13.6 Å². The standard InChI is InChI=1S/C32H27ClF5N5O3S/c1-4-26(44)43-16(2)12-41(13-17(43)3)30-21-9-22(32(36,37)38)27(20-10-23(33)25(35)11-24(20)34)29-28(21)42(31(45)40-30)14-19(15-47-29)46-18-5-7-39-8-6-18/h4-11,16-17,19H,1,12-15H2,2-3H3/t16-,17+,19?. The number of carbonyl (C=O) groups is 1. The molecule has 0 N–H and O–H groups in total. The van der Waals surface area contributed by atoms with Crippen LogP contribution in [0.15, 0.2) is 65.1 Å². The number of alkyl halides is 3. The average molecular weight is 692 g/mol. The van der Waals surface area contributed by atoms with Crippen LogP contribution in [-0.4, -0.2) is 62.4 Å². The van der Waals surface area contributed by atoms with E-state index in [0.29, 0.717) is 11.8 Å². The Kier molecular flexibility index (Phi) is 8.68. The number of benzene rings is 2. The van der Waals surface area contributed by atoms with Gasteiger partial charge in [0.05, 0.1) is 22.6 Å². The Morgan fingerprint density at radius 1 is 1.09 bits per heavy atom. The fourth-order valence-electron chi connectivity index (χ4n) is 6.30. The maximum atomic E-state index is 15.4. The van der Waals surface area contributed by atoms with E-state index >= 15 is 17.6 Å². The van der Waals surface area contributed by atoms with Crippen LogP contribution in [0.2, 0.25) is 5.02 Å². The van der Waals surface area contributed by atoms with Gasteiger partial charge in [-0.3, -0.25) is 14.3 Å². The third-order valence-corrected chi connectivity index (χ3v) is 9.70. The molecule has 2 aromatic carbocycles. The Bertz CT molecular complexity index is 1950. The molecule has 0 bridgehead atoms. The summed E-state index contributed by atoms with van der Waals surface area (Å²) in [6.45, 7) is 7.36. The van der Waals surface area contributed by atoms with E-state index in [1.165, 1.54) is 23.0 Å². The van der Waals surface area contributed by atoms with E-state index in [0.717, 1.165) is 23.9 Å². The first-order valence-corrected chi connectivity index (χ1v) is 15.9. The zero-order chi connectivity index (χ0) is 33.8. The van der Waals surface area contributed by atoms with Crippen molar-refractivity contribution >= 4 is 46.0 Å². The van der Waals surface area contributed by atoms with Gasteiger partial charge in [-0.2, -0.15) is 18.2 Å². The predicted octanol–water partition coefficient (Wildman–Crippen LogP) is 6.57. The summed E-state index contributed by atoms with van der Waals surface area (Å²) in [4.78, 5) is 37.9. The van der Waals surface area contributed by atoms with Crippen molar-refractivity contribution in [3.8, 4) is 16.9 Å². The van der Waals surface area contributed by atoms with E-state index in [1.807, 2.05) is 0 Å². The highest BCUT2D eigenvalue weighted by Crippen LogP contribution is 2.49. The Morgan fingerprint density at radius 2 is 1.77 bits per heavy atom. The first-order chi connectivity index (χ1) is 22.3. The van der Waals surface area contributed by atoms with Crippen molar-refractivity contribution in [2.45, 2.75) is 49.7 Å². The largest absolute Gasteiger partial charge is 0.488 e. The Morgan fingerprint density at radius 3 is 2.40 bits per heavy atom. The van der Waals surface area contributed by atoms with Crippen LogP contribution in [0, 0.1) is 11.6 Å². The highest BCUT2D eigenvalue weighted by Gasteiger charge is 2.40. The van der Waals surface area contributed by atoms with E-state index < -0.39 is 63.4 Å². The summed E-state index contributed by atoms with van der Waals surface area (Å²) < 4.78 is 82.0. The van der Waals surface area contributed by atoms with Crippen LogP contribution in [0.1, 0.15) is 19.4 Å². The number of anilines is 1. The molecule has 1 amide bonds. The van der Waals surface area contributed by atoms with Crippen molar-refractivity contribution in [1.82, 2.24) is 19.4 Å². The second-order valence-corrected chi connectivity index (χ2v) is 12.8. The van der Waals surface area contributed by atoms with Crippen LogP contribution in [0.25, 0.3) is 22.0 Å². The Balaban J connectivity index is 1.62. The van der Waals surface area contributed by atoms with Crippen molar-refractivity contribution in [2.75, 3.05) is 23.7 Å². The maximum Gasteiger partial charge on any atom is 0.417 e. The number of nitrogens with zero attached hydrogens (tertiary/aromatic N) is 5. The van der Waals surface area contributed by atoms with Crippen LogP contribution in [0.5, 0.6) is 5.75 Å². The summed E-state index contributed by atoms with van der Waals surface area (Å²) in [5, 5.41) is -0.564. The van der Waals surface area contributed by atoms with Gasteiger partial charge >= 0.3 is 11.9 Å². The Hall–Kier alpha value is -4.17. The molecule has 1 saturated heterocycles.